The highest BCUT2D eigenvalue weighted by molar-refractivity contribution is 5.91. The van der Waals surface area contributed by atoms with Gasteiger partial charge in [-0.25, -0.2) is 10.6 Å². The average molecular weight is 297 g/mol. The first-order chi connectivity index (χ1) is 10.1. The van der Waals surface area contributed by atoms with Gasteiger partial charge in [-0.3, -0.25) is 19.8 Å². The minimum Gasteiger partial charge on any atom is -0.453 e. The summed E-state index contributed by atoms with van der Waals surface area (Å²) in [5.41, 5.74) is 2.19. The van der Waals surface area contributed by atoms with Crippen molar-refractivity contribution in [1.29, 1.82) is 0 Å². The number of rotatable bonds is 5. The van der Waals surface area contributed by atoms with Gasteiger partial charge in [0.25, 0.3) is 5.91 Å². The van der Waals surface area contributed by atoms with Crippen LogP contribution in [0.15, 0.2) is 6.20 Å². The van der Waals surface area contributed by atoms with Crippen LogP contribution in [0.5, 0.6) is 0 Å². The van der Waals surface area contributed by atoms with E-state index in [4.69, 9.17) is 5.84 Å². The van der Waals surface area contributed by atoms with Crippen LogP contribution in [-0.4, -0.2) is 64.7 Å². The van der Waals surface area contributed by atoms with Crippen LogP contribution in [0.25, 0.3) is 0 Å². The molecule has 2 amide bonds. The van der Waals surface area contributed by atoms with Crippen molar-refractivity contribution in [2.45, 2.75) is 19.0 Å². The molecule has 0 bridgehead atoms. The van der Waals surface area contributed by atoms with Crippen LogP contribution >= 0.6 is 0 Å². The Hall–Kier alpha value is -2.20. The molecule has 116 valence electrons. The normalized spacial score (nSPS) is 18.5. The quantitative estimate of drug-likeness (QED) is 0.336. The molecular formula is C11H19N7O3. The maximum atomic E-state index is 11.2. The Kier molecular flexibility index (Phi) is 5.06. The number of nitrogens with zero attached hydrogens (tertiary/aromatic N) is 4. The van der Waals surface area contributed by atoms with E-state index < -0.39 is 12.0 Å². The fourth-order valence-corrected chi connectivity index (χ4v) is 2.21. The van der Waals surface area contributed by atoms with Crippen molar-refractivity contribution in [3.63, 3.8) is 0 Å². The van der Waals surface area contributed by atoms with E-state index in [1.165, 1.54) is 7.11 Å². The summed E-state index contributed by atoms with van der Waals surface area (Å²) >= 11 is 0. The fourth-order valence-electron chi connectivity index (χ4n) is 2.21. The number of amides is 2. The number of nitrogens with two attached hydrogens (primary N) is 1. The Morgan fingerprint density at radius 1 is 1.52 bits per heavy atom. The number of hydrazine groups is 1. The fraction of sp³-hybridized carbons (Fsp3) is 0.636. The van der Waals surface area contributed by atoms with Crippen LogP contribution in [-0.2, 0) is 11.3 Å². The summed E-state index contributed by atoms with van der Waals surface area (Å²) in [6.45, 7) is 3.02. The summed E-state index contributed by atoms with van der Waals surface area (Å²) in [5.74, 6) is 4.56. The molecule has 0 aromatic carbocycles. The summed E-state index contributed by atoms with van der Waals surface area (Å²) in [7, 11) is 1.35. The van der Waals surface area contributed by atoms with E-state index in [0.29, 0.717) is 6.54 Å². The number of hydrogen-bond acceptors (Lipinski definition) is 7. The smallest absolute Gasteiger partial charge is 0.407 e. The lowest BCUT2D eigenvalue weighted by Gasteiger charge is -2.15. The predicted molar refractivity (Wildman–Crippen MR) is 72.1 cm³/mol. The maximum Gasteiger partial charge on any atom is 0.407 e. The minimum absolute atomic E-state index is 0.103. The van der Waals surface area contributed by atoms with Crippen molar-refractivity contribution in [2.24, 2.45) is 5.84 Å². The van der Waals surface area contributed by atoms with Gasteiger partial charge in [0.1, 0.15) is 0 Å². The highest BCUT2D eigenvalue weighted by Gasteiger charge is 2.23. The number of methoxy groups -OCH3 is 1. The maximum absolute atomic E-state index is 11.2. The third-order valence-electron chi connectivity index (χ3n) is 3.33. The third-order valence-corrected chi connectivity index (χ3v) is 3.33. The first-order valence-corrected chi connectivity index (χ1v) is 6.60. The van der Waals surface area contributed by atoms with Gasteiger partial charge < -0.3 is 10.1 Å². The molecule has 1 fully saturated rings. The van der Waals surface area contributed by atoms with E-state index in [2.05, 4.69) is 25.3 Å². The number of hydrogen-bond donors (Lipinski definition) is 3. The summed E-state index contributed by atoms with van der Waals surface area (Å²) < 4.78 is 6.16. The van der Waals surface area contributed by atoms with E-state index in [-0.39, 0.29) is 11.7 Å². The zero-order chi connectivity index (χ0) is 15.2. The Bertz CT molecular complexity index is 504. The molecule has 1 atom stereocenters. The van der Waals surface area contributed by atoms with Crippen molar-refractivity contribution in [1.82, 2.24) is 30.6 Å². The molecule has 1 unspecified atom stereocenters. The van der Waals surface area contributed by atoms with Crippen LogP contribution in [0.2, 0.25) is 0 Å². The monoisotopic (exact) mass is 297 g/mol. The number of alkyl carbamates (subject to hydrolysis) is 1. The van der Waals surface area contributed by atoms with Gasteiger partial charge >= 0.3 is 6.09 Å². The lowest BCUT2D eigenvalue weighted by Crippen LogP contribution is -2.37. The minimum atomic E-state index is -0.468. The van der Waals surface area contributed by atoms with Gasteiger partial charge in [-0.2, -0.15) is 0 Å². The largest absolute Gasteiger partial charge is 0.453 e. The number of carbonyl (C=O) groups excluding carboxylic acids is 2. The number of carbonyl (C=O) groups is 2. The van der Waals surface area contributed by atoms with Crippen molar-refractivity contribution in [3.8, 4) is 0 Å². The second kappa shape index (κ2) is 6.99. The molecule has 1 aliphatic rings. The molecule has 1 saturated heterocycles. The van der Waals surface area contributed by atoms with Crippen molar-refractivity contribution >= 4 is 12.0 Å². The number of nitrogens with one attached hydrogen (secondary N) is 2. The molecule has 4 N–H and O–H groups in total. The van der Waals surface area contributed by atoms with Gasteiger partial charge in [0.15, 0.2) is 5.69 Å². The summed E-state index contributed by atoms with van der Waals surface area (Å²) in [5, 5.41) is 10.4. The van der Waals surface area contributed by atoms with Crippen LogP contribution < -0.4 is 16.6 Å². The number of likely N-dealkylation sites (tertiary alicyclic amines) is 1. The Balaban J connectivity index is 1.75. The second-order valence-electron chi connectivity index (χ2n) is 4.76. The molecule has 0 spiro atoms. The highest BCUT2D eigenvalue weighted by atomic mass is 16.5. The Labute approximate surface area is 121 Å². The van der Waals surface area contributed by atoms with Crippen molar-refractivity contribution in [3.05, 3.63) is 11.9 Å². The van der Waals surface area contributed by atoms with Crippen LogP contribution in [0.3, 0.4) is 0 Å². The van der Waals surface area contributed by atoms with E-state index >= 15 is 0 Å². The standard InChI is InChI=1S/C11H19N7O3/c1-21-11(20)13-8-2-3-17(6-8)4-5-18-7-9(15-16-18)10(19)14-12/h7-8H,2-6,12H2,1H3,(H,13,20)(H,14,19). The van der Waals surface area contributed by atoms with E-state index in [9.17, 15) is 9.59 Å². The molecule has 0 aliphatic carbocycles. The third kappa shape index (κ3) is 4.13. The van der Waals surface area contributed by atoms with Crippen molar-refractivity contribution in [2.75, 3.05) is 26.7 Å². The Morgan fingerprint density at radius 2 is 2.33 bits per heavy atom. The van der Waals surface area contributed by atoms with E-state index in [1.54, 1.807) is 10.9 Å². The van der Waals surface area contributed by atoms with Gasteiger partial charge in [0, 0.05) is 25.7 Å². The number of aromatic nitrogens is 3. The molecule has 10 nitrogen and oxygen atoms in total. The molecule has 21 heavy (non-hydrogen) atoms. The van der Waals surface area contributed by atoms with Gasteiger partial charge in [0.2, 0.25) is 0 Å². The van der Waals surface area contributed by atoms with Gasteiger partial charge in [0.05, 0.1) is 19.9 Å². The topological polar surface area (TPSA) is 127 Å². The molecule has 1 aromatic rings. The Morgan fingerprint density at radius 3 is 3.05 bits per heavy atom. The zero-order valence-electron chi connectivity index (χ0n) is 11.8. The molecular weight excluding hydrogens is 278 g/mol. The highest BCUT2D eigenvalue weighted by Crippen LogP contribution is 2.09. The number of ether oxygens (including phenoxy) is 1. The zero-order valence-corrected chi connectivity index (χ0v) is 11.8. The number of nitrogen functional groups attached to an aromatic ring is 1. The summed E-state index contributed by atoms with van der Waals surface area (Å²) in [4.78, 5) is 24.6. The first kappa shape index (κ1) is 15.2. The van der Waals surface area contributed by atoms with Crippen LogP contribution in [0.1, 0.15) is 16.9 Å². The van der Waals surface area contributed by atoms with E-state index in [1.807, 2.05) is 5.43 Å². The molecule has 0 saturated carbocycles. The predicted octanol–water partition coefficient (Wildman–Crippen LogP) is -1.69. The first-order valence-electron chi connectivity index (χ1n) is 6.60. The second-order valence-corrected chi connectivity index (χ2v) is 4.76. The van der Waals surface area contributed by atoms with Gasteiger partial charge in [-0.15, -0.1) is 5.10 Å². The molecule has 0 radical (unpaired) electrons. The SMILES string of the molecule is COC(=O)NC1CCN(CCn2cc(C(=O)NN)nn2)C1. The van der Waals surface area contributed by atoms with Crippen LogP contribution in [0, 0.1) is 0 Å². The molecule has 2 rings (SSSR count). The molecule has 10 heteroatoms. The van der Waals surface area contributed by atoms with Crippen molar-refractivity contribution < 1.29 is 14.3 Å². The van der Waals surface area contributed by atoms with Crippen LogP contribution in [0.4, 0.5) is 4.79 Å². The summed E-state index contributed by atoms with van der Waals surface area (Å²) in [6, 6.07) is 0.103. The lowest BCUT2D eigenvalue weighted by molar-refractivity contribution is 0.0948. The average Bonchev–Trinajstić information content (AvgIpc) is 3.13. The lowest BCUT2D eigenvalue weighted by atomic mass is 10.3. The molecule has 2 heterocycles. The summed E-state index contributed by atoms with van der Waals surface area (Å²) in [6.07, 6.45) is 2.02. The van der Waals surface area contributed by atoms with Gasteiger partial charge in [-0.1, -0.05) is 5.21 Å². The van der Waals surface area contributed by atoms with E-state index in [0.717, 1.165) is 26.1 Å². The molecule has 1 aromatic heterocycles. The molecule has 1 aliphatic heterocycles. The van der Waals surface area contributed by atoms with Gasteiger partial charge in [-0.05, 0) is 6.42 Å².